The zero-order chi connectivity index (χ0) is 29.3. The van der Waals surface area contributed by atoms with Crippen LogP contribution in [-0.4, -0.2) is 22.8 Å². The minimum atomic E-state index is -0.448. The second-order valence-electron chi connectivity index (χ2n) is 9.39. The lowest BCUT2D eigenvalue weighted by Crippen LogP contribution is -2.25. The highest BCUT2D eigenvalue weighted by Gasteiger charge is 2.22. The van der Waals surface area contributed by atoms with Crippen molar-refractivity contribution >= 4 is 64.1 Å². The van der Waals surface area contributed by atoms with E-state index in [0.29, 0.717) is 0 Å². The zero-order valence-electron chi connectivity index (χ0n) is 22.5. The average Bonchev–Trinajstić information content (AvgIpc) is 3.83. The van der Waals surface area contributed by atoms with Crippen molar-refractivity contribution in [1.29, 1.82) is 10.5 Å². The van der Waals surface area contributed by atoms with Crippen LogP contribution in [0, 0.1) is 22.7 Å². The molecule has 1 atom stereocenters. The number of nitriles is 2. The molecule has 0 bridgehead atoms. The fourth-order valence-electron chi connectivity index (χ4n) is 4.36. The summed E-state index contributed by atoms with van der Waals surface area (Å²) in [5.74, 6) is 0.258. The van der Waals surface area contributed by atoms with Crippen LogP contribution < -0.4 is 10.6 Å². The van der Waals surface area contributed by atoms with Crippen molar-refractivity contribution in [2.24, 2.45) is 0 Å². The lowest BCUT2D eigenvalue weighted by atomic mass is 10.1. The van der Waals surface area contributed by atoms with Gasteiger partial charge in [0, 0.05) is 48.5 Å². The number of hydrogen-bond donors (Lipinski definition) is 2. The van der Waals surface area contributed by atoms with Crippen LogP contribution in [0.1, 0.15) is 28.8 Å². The SMILES string of the molecule is N#C/C(=C/c1ccc(-c2cccs2)s1)C(=O)NCc1cccc(CNC(=O)/C(C#N)=C\C2CC=C(C3=CCCS3)S2)c1. The van der Waals surface area contributed by atoms with Gasteiger partial charge >= 0.3 is 0 Å². The first-order valence-corrected chi connectivity index (χ1v) is 16.8. The first kappa shape index (κ1) is 29.7. The van der Waals surface area contributed by atoms with Gasteiger partial charge in [-0.25, -0.2) is 0 Å². The number of allylic oxidation sites excluding steroid dienone is 2. The molecule has 3 aromatic rings. The van der Waals surface area contributed by atoms with Crippen molar-refractivity contribution in [2.45, 2.75) is 31.2 Å². The topological polar surface area (TPSA) is 106 Å². The second-order valence-corrected chi connectivity index (χ2v) is 13.9. The van der Waals surface area contributed by atoms with Crippen molar-refractivity contribution in [1.82, 2.24) is 10.6 Å². The van der Waals surface area contributed by atoms with Crippen molar-refractivity contribution in [3.8, 4) is 21.9 Å². The lowest BCUT2D eigenvalue weighted by Gasteiger charge is -2.09. The Morgan fingerprint density at radius 3 is 2.33 bits per heavy atom. The van der Waals surface area contributed by atoms with Crippen LogP contribution in [0.15, 0.2) is 93.1 Å². The van der Waals surface area contributed by atoms with Crippen LogP contribution in [0.25, 0.3) is 15.8 Å². The van der Waals surface area contributed by atoms with E-state index in [4.69, 9.17) is 0 Å². The van der Waals surface area contributed by atoms with Crippen LogP contribution in [0.3, 0.4) is 0 Å². The van der Waals surface area contributed by atoms with Gasteiger partial charge < -0.3 is 10.6 Å². The molecule has 2 aliphatic heterocycles. The monoisotopic (exact) mass is 626 g/mol. The van der Waals surface area contributed by atoms with Crippen LogP contribution in [0.5, 0.6) is 0 Å². The third kappa shape index (κ3) is 7.72. The maximum atomic E-state index is 12.8. The largest absolute Gasteiger partial charge is 0.347 e. The molecular weight excluding hydrogens is 601 g/mol. The minimum Gasteiger partial charge on any atom is -0.347 e. The molecule has 2 amide bonds. The molecule has 4 heterocycles. The lowest BCUT2D eigenvalue weighted by molar-refractivity contribution is -0.118. The van der Waals surface area contributed by atoms with E-state index in [1.54, 1.807) is 35.3 Å². The number of amides is 2. The summed E-state index contributed by atoms with van der Waals surface area (Å²) in [7, 11) is 0. The Hall–Kier alpha value is -3.80. The number of nitrogens with zero attached hydrogens (tertiary/aromatic N) is 2. The third-order valence-electron chi connectivity index (χ3n) is 6.42. The van der Waals surface area contributed by atoms with E-state index in [1.807, 2.05) is 71.7 Å². The molecule has 0 spiro atoms. The standard InChI is InChI=1S/C32H26N4O2S4/c33-17-23(15-25-8-10-29(41-25)27-6-2-12-39-27)31(37)35-19-21-4-1-5-22(14-21)20-36-32(38)24(18-34)16-26-9-11-30(42-26)28-7-3-13-40-28/h1-2,4-8,10-12,14-16,26H,3,9,13,19-20H2,(H,35,37)(H,36,38)/b23-15-,24-16-. The Labute approximate surface area is 261 Å². The maximum absolute atomic E-state index is 12.8. The summed E-state index contributed by atoms with van der Waals surface area (Å²) in [6.45, 7) is 0.482. The highest BCUT2D eigenvalue weighted by molar-refractivity contribution is 8.09. The van der Waals surface area contributed by atoms with E-state index in [0.717, 1.165) is 44.4 Å². The molecule has 0 aliphatic carbocycles. The number of benzene rings is 1. The highest BCUT2D eigenvalue weighted by atomic mass is 32.2. The number of hydrogen-bond acceptors (Lipinski definition) is 8. The second kappa shape index (κ2) is 14.4. The van der Waals surface area contributed by atoms with E-state index < -0.39 is 11.8 Å². The predicted octanol–water partition coefficient (Wildman–Crippen LogP) is 7.18. The number of nitrogens with one attached hydrogen (secondary N) is 2. The van der Waals surface area contributed by atoms with Gasteiger partial charge in [-0.3, -0.25) is 9.59 Å². The Morgan fingerprint density at radius 2 is 1.67 bits per heavy atom. The third-order valence-corrected chi connectivity index (χ3v) is 11.1. The van der Waals surface area contributed by atoms with Gasteiger partial charge in [-0.1, -0.05) is 42.5 Å². The predicted molar refractivity (Wildman–Crippen MR) is 174 cm³/mol. The van der Waals surface area contributed by atoms with Crippen molar-refractivity contribution in [3.63, 3.8) is 0 Å². The minimum absolute atomic E-state index is 0.0373. The molecule has 0 saturated carbocycles. The van der Waals surface area contributed by atoms with Crippen molar-refractivity contribution in [3.05, 3.63) is 109 Å². The van der Waals surface area contributed by atoms with E-state index in [-0.39, 0.29) is 29.5 Å². The molecule has 10 heteroatoms. The fourth-order valence-corrected chi connectivity index (χ4v) is 8.50. The van der Waals surface area contributed by atoms with Crippen molar-refractivity contribution < 1.29 is 9.59 Å². The summed E-state index contributed by atoms with van der Waals surface area (Å²) in [5.41, 5.74) is 1.82. The first-order chi connectivity index (χ1) is 20.5. The molecule has 0 saturated heterocycles. The van der Waals surface area contributed by atoms with E-state index in [1.165, 1.54) is 21.1 Å². The van der Waals surface area contributed by atoms with Crippen molar-refractivity contribution in [2.75, 3.05) is 5.75 Å². The van der Waals surface area contributed by atoms with Gasteiger partial charge in [0.25, 0.3) is 11.8 Å². The summed E-state index contributed by atoms with van der Waals surface area (Å²) in [6, 6.07) is 19.5. The molecule has 2 N–H and O–H groups in total. The van der Waals surface area contributed by atoms with Gasteiger partial charge in [-0.2, -0.15) is 10.5 Å². The number of carbonyl (C=O) groups is 2. The van der Waals surface area contributed by atoms with Gasteiger partial charge in [0.2, 0.25) is 0 Å². The normalized spacial score (nSPS) is 16.8. The van der Waals surface area contributed by atoms with Crippen LogP contribution in [-0.2, 0) is 22.7 Å². The smallest absolute Gasteiger partial charge is 0.262 e. The van der Waals surface area contributed by atoms with Crippen LogP contribution in [0.4, 0.5) is 0 Å². The molecule has 210 valence electrons. The van der Waals surface area contributed by atoms with Gasteiger partial charge in [0.1, 0.15) is 23.3 Å². The van der Waals surface area contributed by atoms with Crippen LogP contribution in [0.2, 0.25) is 0 Å². The van der Waals surface area contributed by atoms with E-state index in [2.05, 4.69) is 28.9 Å². The molecule has 2 aliphatic rings. The molecule has 0 fully saturated rings. The maximum Gasteiger partial charge on any atom is 0.262 e. The zero-order valence-corrected chi connectivity index (χ0v) is 25.7. The highest BCUT2D eigenvalue weighted by Crippen LogP contribution is 2.44. The summed E-state index contributed by atoms with van der Waals surface area (Å²) >= 11 is 6.73. The molecule has 1 aromatic carbocycles. The number of carbonyl (C=O) groups excluding carboxylic acids is 2. The van der Waals surface area contributed by atoms with Gasteiger partial charge in [0.05, 0.1) is 0 Å². The molecule has 5 rings (SSSR count). The Balaban J connectivity index is 1.13. The Bertz CT molecular complexity index is 1680. The summed E-state index contributed by atoms with van der Waals surface area (Å²) in [4.78, 5) is 31.1. The molecule has 1 unspecified atom stereocenters. The molecule has 0 radical (unpaired) electrons. The Morgan fingerprint density at radius 1 is 0.905 bits per heavy atom. The summed E-state index contributed by atoms with van der Waals surface area (Å²) < 4.78 is 0. The molecule has 2 aromatic heterocycles. The molecule has 42 heavy (non-hydrogen) atoms. The molecule has 6 nitrogen and oxygen atoms in total. The Kier molecular flexibility index (Phi) is 10.2. The fraction of sp³-hybridized carbons (Fsp3) is 0.188. The quantitative estimate of drug-likeness (QED) is 0.183. The number of thioether (sulfide) groups is 2. The molecular formula is C32H26N4O2S4. The van der Waals surface area contributed by atoms with E-state index >= 15 is 0 Å². The van der Waals surface area contributed by atoms with Crippen LogP contribution >= 0.6 is 46.2 Å². The summed E-state index contributed by atoms with van der Waals surface area (Å²) in [5, 5.41) is 26.9. The number of thiophene rings is 2. The van der Waals surface area contributed by atoms with E-state index in [9.17, 15) is 20.1 Å². The van der Waals surface area contributed by atoms with Gasteiger partial charge in [0.15, 0.2) is 0 Å². The summed E-state index contributed by atoms with van der Waals surface area (Å²) in [6.07, 6.45) is 9.69. The first-order valence-electron chi connectivity index (χ1n) is 13.2. The average molecular weight is 627 g/mol. The number of rotatable bonds is 10. The van der Waals surface area contributed by atoms with Gasteiger partial charge in [-0.15, -0.1) is 46.2 Å². The van der Waals surface area contributed by atoms with Gasteiger partial charge in [-0.05, 0) is 59.7 Å².